The Labute approximate surface area is 448 Å². The van der Waals surface area contributed by atoms with Crippen molar-refractivity contribution in [1.29, 1.82) is 0 Å². The van der Waals surface area contributed by atoms with Crippen molar-refractivity contribution < 1.29 is 62.3 Å². The van der Waals surface area contributed by atoms with Crippen LogP contribution in [0.25, 0.3) is 0 Å². The summed E-state index contributed by atoms with van der Waals surface area (Å²) in [5.74, 6) is -3.46. The molecule has 3 unspecified atom stereocenters. The molecule has 3 rings (SSSR count). The molecule has 5 N–H and O–H groups in total. The van der Waals surface area contributed by atoms with E-state index in [1.165, 1.54) is 23.5 Å². The van der Waals surface area contributed by atoms with E-state index in [4.69, 9.17) is 23.9 Å². The van der Waals surface area contributed by atoms with Gasteiger partial charge in [-0.3, -0.25) is 33.7 Å². The molecule has 4 amide bonds. The quantitative estimate of drug-likeness (QED) is 0.0359. The van der Waals surface area contributed by atoms with Crippen LogP contribution < -0.4 is 16.0 Å². The molecule has 0 bridgehead atoms. The highest BCUT2D eigenvalue weighted by Gasteiger charge is 2.38. The summed E-state index contributed by atoms with van der Waals surface area (Å²) in [5, 5.41) is 30.2. The molecule has 75 heavy (non-hydrogen) atoms. The summed E-state index contributed by atoms with van der Waals surface area (Å²) >= 11 is 1.29. The third-order valence-electron chi connectivity index (χ3n) is 13.6. The Morgan fingerprint density at radius 2 is 1.67 bits per heavy atom. The van der Waals surface area contributed by atoms with Crippen molar-refractivity contribution >= 4 is 46.9 Å². The number of thiazole rings is 1. The average Bonchev–Trinajstić information content (AvgIpc) is 3.88. The lowest BCUT2D eigenvalue weighted by Gasteiger charge is -2.40. The van der Waals surface area contributed by atoms with E-state index in [0.29, 0.717) is 43.8 Å². The number of aliphatic hydroxyl groups is 2. The van der Waals surface area contributed by atoms with E-state index < -0.39 is 72.9 Å². The van der Waals surface area contributed by atoms with Crippen LogP contribution in [0.3, 0.4) is 0 Å². The lowest BCUT2D eigenvalue weighted by Crippen LogP contribution is -2.58. The van der Waals surface area contributed by atoms with Crippen molar-refractivity contribution in [2.75, 3.05) is 46.5 Å². The standard InChI is InChI=1S/C55H89FN6O12S/c1-11-25-62(54(69)50(36(7)13-3)60-52(68)44-18-15-16-26-61(44)10)45(35(5)6)30-46(71-27-12-2)53-59-43(34-75-53)51(67)58-41(29-39-21-23-40(56)24-22-39)28-37(8)55(70)73-38(9)31-57-47(64)19-17-20-48(65)72-33-49(66)74-42(14-4)32-63/h21-24,34-38,41-42,44-46,49-50,63,66H,11-20,25-33H2,1-10H3,(H,57,64)(H,58,67)(H,60,68)/t36-,37-,38?,41+,42?,44+,45+,46+,49?,50-/m0/s1. The van der Waals surface area contributed by atoms with Gasteiger partial charge in [-0.05, 0) is 101 Å². The number of likely N-dealkylation sites (N-methyl/N-ethyl adjacent to an activating group) is 1. The average molecular weight is 1080 g/mol. The van der Waals surface area contributed by atoms with Gasteiger partial charge < -0.3 is 50.0 Å². The Bertz CT molecular complexity index is 2040. The molecule has 1 aromatic heterocycles. The van der Waals surface area contributed by atoms with Gasteiger partial charge in [0.2, 0.25) is 17.7 Å². The van der Waals surface area contributed by atoms with Crippen LogP contribution in [0.5, 0.6) is 0 Å². The Kier molecular flexibility index (Phi) is 29.5. The van der Waals surface area contributed by atoms with E-state index in [-0.39, 0.29) is 92.6 Å². The van der Waals surface area contributed by atoms with E-state index in [0.717, 1.165) is 37.8 Å². The molecule has 1 saturated heterocycles. The van der Waals surface area contributed by atoms with E-state index >= 15 is 0 Å². The molecule has 424 valence electrons. The fourth-order valence-corrected chi connectivity index (χ4v) is 9.82. The van der Waals surface area contributed by atoms with Gasteiger partial charge in [0.1, 0.15) is 41.4 Å². The monoisotopic (exact) mass is 1080 g/mol. The second-order valence-electron chi connectivity index (χ2n) is 20.4. The number of esters is 2. The molecule has 1 fully saturated rings. The number of hydrogen-bond acceptors (Lipinski definition) is 15. The van der Waals surface area contributed by atoms with Crippen LogP contribution in [0.4, 0.5) is 4.39 Å². The van der Waals surface area contributed by atoms with E-state index in [1.807, 2.05) is 39.6 Å². The zero-order valence-electron chi connectivity index (χ0n) is 46.3. The number of carbonyl (C=O) groups excluding carboxylic acids is 6. The van der Waals surface area contributed by atoms with E-state index in [9.17, 15) is 43.4 Å². The molecule has 1 aliphatic rings. The van der Waals surface area contributed by atoms with E-state index in [1.54, 1.807) is 38.3 Å². The number of halogens is 1. The molecular formula is C55H89FN6O12S. The maximum atomic E-state index is 14.8. The molecule has 1 aromatic carbocycles. The molecule has 0 saturated carbocycles. The van der Waals surface area contributed by atoms with Gasteiger partial charge in [0.15, 0.2) is 6.29 Å². The number of amides is 4. The summed E-state index contributed by atoms with van der Waals surface area (Å²) < 4.78 is 36.3. The van der Waals surface area contributed by atoms with E-state index in [2.05, 4.69) is 34.7 Å². The molecule has 0 aliphatic carbocycles. The first-order valence-corrected chi connectivity index (χ1v) is 28.1. The number of ether oxygens (including phenoxy) is 4. The molecule has 1 aliphatic heterocycles. The van der Waals surface area contributed by atoms with Crippen molar-refractivity contribution in [2.24, 2.45) is 17.8 Å². The second kappa shape index (κ2) is 34.2. The van der Waals surface area contributed by atoms with Gasteiger partial charge in [0, 0.05) is 49.9 Å². The first-order valence-electron chi connectivity index (χ1n) is 27.3. The number of piperidine rings is 1. The molecule has 20 heteroatoms. The minimum absolute atomic E-state index is 0.00194. The number of nitrogens with one attached hydrogen (secondary N) is 3. The Morgan fingerprint density at radius 1 is 0.947 bits per heavy atom. The smallest absolute Gasteiger partial charge is 0.309 e. The largest absolute Gasteiger partial charge is 0.461 e. The maximum Gasteiger partial charge on any atom is 0.309 e. The van der Waals surface area contributed by atoms with Gasteiger partial charge in [0.05, 0.1) is 31.2 Å². The highest BCUT2D eigenvalue weighted by molar-refractivity contribution is 7.09. The highest BCUT2D eigenvalue weighted by Crippen LogP contribution is 2.32. The predicted molar refractivity (Wildman–Crippen MR) is 285 cm³/mol. The fraction of sp³-hybridized carbons (Fsp3) is 0.727. The Balaban J connectivity index is 1.70. The summed E-state index contributed by atoms with van der Waals surface area (Å²) in [6.45, 7) is 18.4. The van der Waals surface area contributed by atoms with Crippen LogP contribution in [0.1, 0.15) is 167 Å². The summed E-state index contributed by atoms with van der Waals surface area (Å²) in [4.78, 5) is 89.5. The molecule has 18 nitrogen and oxygen atoms in total. The third-order valence-corrected chi connectivity index (χ3v) is 14.6. The van der Waals surface area contributed by atoms with Crippen molar-refractivity contribution in [2.45, 2.75) is 195 Å². The number of rotatable bonds is 35. The van der Waals surface area contributed by atoms with Crippen molar-refractivity contribution in [3.63, 3.8) is 0 Å². The summed E-state index contributed by atoms with van der Waals surface area (Å²) in [6.07, 6.45) is 3.09. The SMILES string of the molecule is CCCO[C@H](C[C@H](C(C)C)N(CCC)C(=O)[C@@H](NC(=O)[C@H]1CCCCN1C)[C@@H](C)CC)c1nc(C(=O)N[C@@H](Cc2ccc(F)cc2)C[C@H](C)C(=O)OC(C)CNC(=O)CCCC(=O)OCC(O)OC(CC)CO)cs1. The van der Waals surface area contributed by atoms with Gasteiger partial charge in [-0.2, -0.15) is 0 Å². The van der Waals surface area contributed by atoms with Gasteiger partial charge in [-0.25, -0.2) is 9.37 Å². The molecule has 0 radical (unpaired) electrons. The maximum absolute atomic E-state index is 14.8. The van der Waals surface area contributed by atoms with Crippen molar-refractivity contribution in [1.82, 2.24) is 30.7 Å². The van der Waals surface area contributed by atoms with Crippen LogP contribution in [0.15, 0.2) is 29.6 Å². The molecule has 0 spiro atoms. The highest BCUT2D eigenvalue weighted by atomic mass is 32.1. The summed E-state index contributed by atoms with van der Waals surface area (Å²) in [7, 11) is 1.96. The number of carbonyl (C=O) groups is 6. The fourth-order valence-electron chi connectivity index (χ4n) is 8.96. The molecular weight excluding hydrogens is 988 g/mol. The number of benzene rings is 1. The lowest BCUT2D eigenvalue weighted by atomic mass is 9.92. The third kappa shape index (κ3) is 22.5. The number of nitrogens with zero attached hydrogens (tertiary/aromatic N) is 3. The summed E-state index contributed by atoms with van der Waals surface area (Å²) in [6, 6.07) is 4.03. The predicted octanol–water partition coefficient (Wildman–Crippen LogP) is 6.65. The van der Waals surface area contributed by atoms with Crippen LogP contribution in [-0.4, -0.2) is 150 Å². The Hall–Kier alpha value is -4.60. The molecule has 10 atom stereocenters. The zero-order valence-corrected chi connectivity index (χ0v) is 47.1. The zero-order chi connectivity index (χ0) is 55.6. The van der Waals surface area contributed by atoms with Crippen LogP contribution in [0, 0.1) is 23.6 Å². The second-order valence-corrected chi connectivity index (χ2v) is 21.3. The number of aromatic nitrogens is 1. The normalized spacial score (nSPS) is 17.6. The van der Waals surface area contributed by atoms with Crippen molar-refractivity contribution in [3.8, 4) is 0 Å². The van der Waals surface area contributed by atoms with Gasteiger partial charge in [-0.15, -0.1) is 11.3 Å². The minimum atomic E-state index is -1.38. The van der Waals surface area contributed by atoms with Crippen LogP contribution in [0.2, 0.25) is 0 Å². The van der Waals surface area contributed by atoms with Gasteiger partial charge >= 0.3 is 11.9 Å². The minimum Gasteiger partial charge on any atom is -0.461 e. The number of aliphatic hydroxyl groups excluding tert-OH is 2. The van der Waals surface area contributed by atoms with Gasteiger partial charge in [0.25, 0.3) is 5.91 Å². The Morgan fingerprint density at radius 3 is 2.29 bits per heavy atom. The van der Waals surface area contributed by atoms with Gasteiger partial charge in [-0.1, -0.05) is 80.4 Å². The molecule has 2 aromatic rings. The first kappa shape index (κ1) is 64.7. The lowest BCUT2D eigenvalue weighted by molar-refractivity contribution is -0.183. The van der Waals surface area contributed by atoms with Crippen LogP contribution in [-0.2, 0) is 49.3 Å². The topological polar surface area (TPSA) is 235 Å². The number of likely N-dealkylation sites (tertiary alicyclic amines) is 1. The summed E-state index contributed by atoms with van der Waals surface area (Å²) in [5.41, 5.74) is 0.888. The first-order chi connectivity index (χ1) is 35.7. The number of hydrogen-bond donors (Lipinski definition) is 5. The van der Waals surface area contributed by atoms with Crippen molar-refractivity contribution in [3.05, 3.63) is 51.7 Å². The molecule has 2 heterocycles. The van der Waals surface area contributed by atoms with Crippen LogP contribution >= 0.6 is 11.3 Å².